The van der Waals surface area contributed by atoms with Crippen LogP contribution >= 0.6 is 0 Å². The Labute approximate surface area is 158 Å². The van der Waals surface area contributed by atoms with Crippen molar-refractivity contribution in [2.75, 3.05) is 6.61 Å². The van der Waals surface area contributed by atoms with E-state index < -0.39 is 30.2 Å². The molecule has 0 bridgehead atoms. The summed E-state index contributed by atoms with van der Waals surface area (Å²) in [5.41, 5.74) is 5.02. The largest absolute Gasteiger partial charge is 0.452 e. The fourth-order valence-corrected chi connectivity index (χ4v) is 2.16. The standard InChI is InChI=1S/C19H14FN3O5/c20-13-6-2-1-5-12(13)19(26)23-22-16(24)11-27-18(25)10-9-17-21-14-7-3-4-8-15(14)28-17/h1-10H,11H2,(H,22,24)(H,23,26). The van der Waals surface area contributed by atoms with Crippen LogP contribution in [0.4, 0.5) is 4.39 Å². The summed E-state index contributed by atoms with van der Waals surface area (Å²) in [6, 6.07) is 12.4. The number of hydrazine groups is 1. The van der Waals surface area contributed by atoms with E-state index in [0.29, 0.717) is 11.1 Å². The number of benzene rings is 2. The van der Waals surface area contributed by atoms with Crippen LogP contribution in [0.2, 0.25) is 0 Å². The van der Waals surface area contributed by atoms with Crippen molar-refractivity contribution in [3.05, 3.63) is 71.9 Å². The molecule has 2 N–H and O–H groups in total. The Balaban J connectivity index is 1.44. The minimum Gasteiger partial charge on any atom is -0.452 e. The van der Waals surface area contributed by atoms with Gasteiger partial charge in [0.2, 0.25) is 5.89 Å². The third kappa shape index (κ3) is 4.79. The van der Waals surface area contributed by atoms with E-state index >= 15 is 0 Å². The fraction of sp³-hybridized carbons (Fsp3) is 0.0526. The van der Waals surface area contributed by atoms with Gasteiger partial charge in [0.1, 0.15) is 11.3 Å². The molecular formula is C19H14FN3O5. The molecule has 0 aliphatic heterocycles. The second kappa shape index (κ2) is 8.58. The molecule has 2 amide bonds. The number of rotatable bonds is 5. The normalized spacial score (nSPS) is 10.8. The monoisotopic (exact) mass is 383 g/mol. The van der Waals surface area contributed by atoms with E-state index in [0.717, 1.165) is 12.1 Å². The number of oxazole rings is 1. The SMILES string of the molecule is O=C(COC(=O)C=Cc1nc2ccccc2o1)NNC(=O)c1ccccc1F. The highest BCUT2D eigenvalue weighted by molar-refractivity contribution is 5.96. The zero-order valence-electron chi connectivity index (χ0n) is 14.3. The van der Waals surface area contributed by atoms with Gasteiger partial charge >= 0.3 is 5.97 Å². The number of fused-ring (bicyclic) bond motifs is 1. The number of hydrogen-bond acceptors (Lipinski definition) is 6. The Morgan fingerprint density at radius 2 is 1.82 bits per heavy atom. The predicted molar refractivity (Wildman–Crippen MR) is 96.0 cm³/mol. The molecule has 0 atom stereocenters. The highest BCUT2D eigenvalue weighted by atomic mass is 19.1. The molecule has 142 valence electrons. The van der Waals surface area contributed by atoms with Crippen LogP contribution in [0.1, 0.15) is 16.2 Å². The second-order valence-electron chi connectivity index (χ2n) is 5.44. The lowest BCUT2D eigenvalue weighted by Gasteiger charge is -2.07. The molecule has 28 heavy (non-hydrogen) atoms. The molecule has 1 heterocycles. The zero-order chi connectivity index (χ0) is 19.9. The van der Waals surface area contributed by atoms with Gasteiger partial charge in [0.05, 0.1) is 5.56 Å². The first-order chi connectivity index (χ1) is 13.5. The molecule has 0 spiro atoms. The third-order valence-electron chi connectivity index (χ3n) is 3.45. The summed E-state index contributed by atoms with van der Waals surface area (Å²) < 4.78 is 23.6. The minimum atomic E-state index is -0.839. The molecule has 3 aromatic rings. The number of hydrogen-bond donors (Lipinski definition) is 2. The van der Waals surface area contributed by atoms with Crippen molar-refractivity contribution in [2.24, 2.45) is 0 Å². The fourth-order valence-electron chi connectivity index (χ4n) is 2.16. The molecule has 0 saturated carbocycles. The topological polar surface area (TPSA) is 111 Å². The molecule has 0 radical (unpaired) electrons. The summed E-state index contributed by atoms with van der Waals surface area (Å²) in [4.78, 5) is 39.1. The van der Waals surface area contributed by atoms with Crippen molar-refractivity contribution in [3.8, 4) is 0 Å². The molecule has 0 unspecified atom stereocenters. The van der Waals surface area contributed by atoms with Crippen molar-refractivity contribution < 1.29 is 27.9 Å². The Hall–Kier alpha value is -4.01. The van der Waals surface area contributed by atoms with Gasteiger partial charge in [0, 0.05) is 12.2 Å². The van der Waals surface area contributed by atoms with Gasteiger partial charge < -0.3 is 9.15 Å². The number of nitrogens with zero attached hydrogens (tertiary/aromatic N) is 1. The van der Waals surface area contributed by atoms with Gasteiger partial charge in [-0.2, -0.15) is 0 Å². The molecule has 0 fully saturated rings. The number of esters is 1. The van der Waals surface area contributed by atoms with E-state index in [4.69, 9.17) is 9.15 Å². The number of amides is 2. The van der Waals surface area contributed by atoms with E-state index in [-0.39, 0.29) is 11.5 Å². The summed E-state index contributed by atoms with van der Waals surface area (Å²) in [5, 5.41) is 0. The van der Waals surface area contributed by atoms with Gasteiger partial charge in [-0.25, -0.2) is 14.2 Å². The van der Waals surface area contributed by atoms with Crippen LogP contribution in [-0.4, -0.2) is 29.4 Å². The number of para-hydroxylation sites is 2. The number of nitrogens with one attached hydrogen (secondary N) is 2. The van der Waals surface area contributed by atoms with Crippen LogP contribution in [0.25, 0.3) is 17.2 Å². The maximum atomic E-state index is 13.4. The predicted octanol–water partition coefficient (Wildman–Crippen LogP) is 1.98. The molecule has 1 aromatic heterocycles. The summed E-state index contributed by atoms with van der Waals surface area (Å²) in [5.74, 6) is -2.97. The minimum absolute atomic E-state index is 0.208. The lowest BCUT2D eigenvalue weighted by atomic mass is 10.2. The Kier molecular flexibility index (Phi) is 5.75. The zero-order valence-corrected chi connectivity index (χ0v) is 14.3. The van der Waals surface area contributed by atoms with Crippen molar-refractivity contribution in [1.29, 1.82) is 0 Å². The third-order valence-corrected chi connectivity index (χ3v) is 3.45. The first-order valence-electron chi connectivity index (χ1n) is 8.07. The van der Waals surface area contributed by atoms with Crippen LogP contribution in [0.3, 0.4) is 0 Å². The summed E-state index contributed by atoms with van der Waals surface area (Å²) in [6.45, 7) is -0.645. The highest BCUT2D eigenvalue weighted by Gasteiger charge is 2.12. The van der Waals surface area contributed by atoms with Crippen LogP contribution in [-0.2, 0) is 14.3 Å². The molecule has 2 aromatic carbocycles. The average molecular weight is 383 g/mol. The molecule has 8 nitrogen and oxygen atoms in total. The van der Waals surface area contributed by atoms with Crippen LogP contribution in [0, 0.1) is 5.82 Å². The highest BCUT2D eigenvalue weighted by Crippen LogP contribution is 2.15. The lowest BCUT2D eigenvalue weighted by molar-refractivity contribution is -0.144. The van der Waals surface area contributed by atoms with E-state index in [1.807, 2.05) is 10.9 Å². The lowest BCUT2D eigenvalue weighted by Crippen LogP contribution is -2.43. The maximum absolute atomic E-state index is 13.4. The second-order valence-corrected chi connectivity index (χ2v) is 5.44. The van der Waals surface area contributed by atoms with Gasteiger partial charge in [-0.05, 0) is 24.3 Å². The Morgan fingerprint density at radius 3 is 2.61 bits per heavy atom. The number of carbonyl (C=O) groups excluding carboxylic acids is 3. The molecule has 3 rings (SSSR count). The van der Waals surface area contributed by atoms with Crippen molar-refractivity contribution in [2.45, 2.75) is 0 Å². The number of halogens is 1. The summed E-state index contributed by atoms with van der Waals surface area (Å²) in [6.07, 6.45) is 2.36. The molecule has 0 aliphatic rings. The quantitative estimate of drug-likeness (QED) is 0.396. The van der Waals surface area contributed by atoms with Crippen LogP contribution < -0.4 is 10.9 Å². The van der Waals surface area contributed by atoms with Crippen molar-refractivity contribution in [3.63, 3.8) is 0 Å². The average Bonchev–Trinajstić information content (AvgIpc) is 3.12. The van der Waals surface area contributed by atoms with E-state index in [1.54, 1.807) is 24.3 Å². The molecular weight excluding hydrogens is 369 g/mol. The molecule has 9 heteroatoms. The van der Waals surface area contributed by atoms with Crippen LogP contribution in [0.5, 0.6) is 0 Å². The smallest absolute Gasteiger partial charge is 0.331 e. The molecule has 0 aliphatic carbocycles. The van der Waals surface area contributed by atoms with Gasteiger partial charge in [0.25, 0.3) is 11.8 Å². The summed E-state index contributed by atoms with van der Waals surface area (Å²) >= 11 is 0. The molecule has 0 saturated heterocycles. The van der Waals surface area contributed by atoms with Gasteiger partial charge in [-0.1, -0.05) is 24.3 Å². The van der Waals surface area contributed by atoms with E-state index in [1.165, 1.54) is 24.3 Å². The first kappa shape index (κ1) is 18.8. The van der Waals surface area contributed by atoms with Crippen LogP contribution in [0.15, 0.2) is 59.0 Å². The number of aromatic nitrogens is 1. The number of ether oxygens (including phenoxy) is 1. The van der Waals surface area contributed by atoms with Gasteiger partial charge in [0.15, 0.2) is 12.2 Å². The Bertz CT molecular complexity index is 1030. The Morgan fingerprint density at radius 1 is 1.07 bits per heavy atom. The first-order valence-corrected chi connectivity index (χ1v) is 8.07. The van der Waals surface area contributed by atoms with Gasteiger partial charge in [-0.15, -0.1) is 0 Å². The van der Waals surface area contributed by atoms with Crippen molar-refractivity contribution in [1.82, 2.24) is 15.8 Å². The summed E-state index contributed by atoms with van der Waals surface area (Å²) in [7, 11) is 0. The van der Waals surface area contributed by atoms with E-state index in [9.17, 15) is 18.8 Å². The van der Waals surface area contributed by atoms with Crippen molar-refractivity contribution >= 4 is 35.0 Å². The number of carbonyl (C=O) groups is 3. The van der Waals surface area contributed by atoms with E-state index in [2.05, 4.69) is 4.98 Å². The van der Waals surface area contributed by atoms with Gasteiger partial charge in [-0.3, -0.25) is 20.4 Å². The maximum Gasteiger partial charge on any atom is 0.331 e.